The molecule has 3 aromatic rings. The fraction of sp³-hybridized carbons (Fsp3) is 0.387. The van der Waals surface area contributed by atoms with Crippen molar-refractivity contribution in [1.29, 1.82) is 0 Å². The molecule has 190 valence electrons. The van der Waals surface area contributed by atoms with Crippen molar-refractivity contribution in [3.05, 3.63) is 77.4 Å². The molecule has 0 aliphatic carbocycles. The molecular formula is C31H38N2O3. The third kappa shape index (κ3) is 8.63. The summed E-state index contributed by atoms with van der Waals surface area (Å²) in [6, 6.07) is 18.8. The number of hydrogen-bond acceptors (Lipinski definition) is 4. The van der Waals surface area contributed by atoms with Gasteiger partial charge in [-0.2, -0.15) is 5.10 Å². The molecule has 0 bridgehead atoms. The van der Waals surface area contributed by atoms with Gasteiger partial charge in [-0.1, -0.05) is 106 Å². The topological polar surface area (TPSA) is 67.8 Å². The standard InChI is InChI=1S/C31H38N2O3/c1-3-4-5-6-7-8-9-10-11-19-30(34)33-32-23-28-27-18-13-12-16-25(27)20-21-29(28)36-31(35)26-17-14-15-24(2)22-26/h12-18,20-23H,3-11,19H2,1-2H3,(H,33,34). The van der Waals surface area contributed by atoms with Crippen LogP contribution in [0.4, 0.5) is 0 Å². The van der Waals surface area contributed by atoms with Crippen LogP contribution < -0.4 is 10.2 Å². The number of unbranched alkanes of at least 4 members (excludes halogenated alkanes) is 8. The van der Waals surface area contributed by atoms with Gasteiger partial charge in [0, 0.05) is 12.0 Å². The molecule has 1 amide bonds. The molecule has 0 radical (unpaired) electrons. The van der Waals surface area contributed by atoms with Crippen molar-refractivity contribution in [2.45, 2.75) is 78.1 Å². The van der Waals surface area contributed by atoms with Gasteiger partial charge in [-0.05, 0) is 42.3 Å². The molecule has 0 aliphatic rings. The maximum absolute atomic E-state index is 12.8. The largest absolute Gasteiger partial charge is 0.422 e. The maximum atomic E-state index is 12.8. The number of fused-ring (bicyclic) bond motifs is 1. The number of ether oxygens (including phenoxy) is 1. The molecule has 5 nitrogen and oxygen atoms in total. The Bertz CT molecular complexity index is 1170. The summed E-state index contributed by atoms with van der Waals surface area (Å²) in [4.78, 5) is 25.0. The Hall–Kier alpha value is -3.47. The second-order valence-corrected chi connectivity index (χ2v) is 9.33. The van der Waals surface area contributed by atoms with Crippen LogP contribution in [-0.4, -0.2) is 18.1 Å². The summed E-state index contributed by atoms with van der Waals surface area (Å²) >= 11 is 0. The molecule has 0 spiro atoms. The van der Waals surface area contributed by atoms with E-state index >= 15 is 0 Å². The summed E-state index contributed by atoms with van der Waals surface area (Å²) in [6.45, 7) is 4.17. The van der Waals surface area contributed by atoms with E-state index in [-0.39, 0.29) is 5.91 Å². The smallest absolute Gasteiger partial charge is 0.343 e. The Kier molecular flexibility index (Phi) is 11.2. The molecule has 0 saturated heterocycles. The van der Waals surface area contributed by atoms with Crippen molar-refractivity contribution >= 4 is 28.9 Å². The van der Waals surface area contributed by atoms with Crippen molar-refractivity contribution in [1.82, 2.24) is 5.43 Å². The number of rotatable bonds is 14. The Morgan fingerprint density at radius 3 is 2.33 bits per heavy atom. The van der Waals surface area contributed by atoms with Crippen molar-refractivity contribution < 1.29 is 14.3 Å². The monoisotopic (exact) mass is 486 g/mol. The molecule has 0 fully saturated rings. The van der Waals surface area contributed by atoms with Gasteiger partial charge in [0.25, 0.3) is 0 Å². The summed E-state index contributed by atoms with van der Waals surface area (Å²) in [7, 11) is 0. The molecular weight excluding hydrogens is 448 g/mol. The molecule has 0 heterocycles. The van der Waals surface area contributed by atoms with Gasteiger partial charge in [-0.25, -0.2) is 10.2 Å². The van der Waals surface area contributed by atoms with Gasteiger partial charge in [-0.3, -0.25) is 4.79 Å². The number of amides is 1. The van der Waals surface area contributed by atoms with Crippen LogP contribution in [0.1, 0.15) is 92.6 Å². The Balaban J connectivity index is 1.56. The molecule has 36 heavy (non-hydrogen) atoms. The number of nitrogens with zero attached hydrogens (tertiary/aromatic N) is 1. The minimum Gasteiger partial charge on any atom is -0.422 e. The fourth-order valence-electron chi connectivity index (χ4n) is 4.25. The Morgan fingerprint density at radius 2 is 1.58 bits per heavy atom. The van der Waals surface area contributed by atoms with Crippen molar-refractivity contribution in [2.24, 2.45) is 5.10 Å². The number of hydrogen-bond donors (Lipinski definition) is 1. The van der Waals surface area contributed by atoms with Crippen LogP contribution >= 0.6 is 0 Å². The SMILES string of the molecule is CCCCCCCCCCCC(=O)NN=Cc1c(OC(=O)c2cccc(C)c2)ccc2ccccc12. The van der Waals surface area contributed by atoms with Crippen LogP contribution in [0.15, 0.2) is 65.8 Å². The zero-order chi connectivity index (χ0) is 25.6. The second-order valence-electron chi connectivity index (χ2n) is 9.33. The molecule has 1 N–H and O–H groups in total. The van der Waals surface area contributed by atoms with Gasteiger partial charge in [0.05, 0.1) is 11.8 Å². The van der Waals surface area contributed by atoms with Crippen LogP contribution in [0, 0.1) is 6.92 Å². The normalized spacial score (nSPS) is 11.2. The van der Waals surface area contributed by atoms with E-state index in [4.69, 9.17) is 4.74 Å². The average molecular weight is 487 g/mol. The number of nitrogens with one attached hydrogen (secondary N) is 1. The first-order chi connectivity index (χ1) is 17.6. The quantitative estimate of drug-likeness (QED) is 0.0833. The highest BCUT2D eigenvalue weighted by atomic mass is 16.5. The predicted octanol–water partition coefficient (Wildman–Crippen LogP) is 7.74. The molecule has 0 saturated carbocycles. The van der Waals surface area contributed by atoms with Crippen LogP contribution in [0.3, 0.4) is 0 Å². The molecule has 0 unspecified atom stereocenters. The first-order valence-corrected chi connectivity index (χ1v) is 13.2. The summed E-state index contributed by atoms with van der Waals surface area (Å²) in [6.07, 6.45) is 12.9. The average Bonchev–Trinajstić information content (AvgIpc) is 2.88. The lowest BCUT2D eigenvalue weighted by Crippen LogP contribution is -2.17. The first-order valence-electron chi connectivity index (χ1n) is 13.2. The Labute approximate surface area is 214 Å². The van der Waals surface area contributed by atoms with E-state index in [2.05, 4.69) is 17.5 Å². The molecule has 5 heteroatoms. The lowest BCUT2D eigenvalue weighted by Gasteiger charge is -2.11. The number of benzene rings is 3. The van der Waals surface area contributed by atoms with Crippen molar-refractivity contribution in [3.8, 4) is 5.75 Å². The fourth-order valence-corrected chi connectivity index (χ4v) is 4.25. The minimum atomic E-state index is -0.432. The van der Waals surface area contributed by atoms with E-state index in [0.717, 1.165) is 29.2 Å². The van der Waals surface area contributed by atoms with E-state index in [1.165, 1.54) is 44.9 Å². The van der Waals surface area contributed by atoms with Gasteiger partial charge in [-0.15, -0.1) is 0 Å². The first kappa shape index (κ1) is 27.1. The number of hydrazone groups is 1. The van der Waals surface area contributed by atoms with E-state index in [1.54, 1.807) is 24.4 Å². The zero-order valence-corrected chi connectivity index (χ0v) is 21.6. The van der Waals surface area contributed by atoms with Crippen LogP contribution in [-0.2, 0) is 4.79 Å². The maximum Gasteiger partial charge on any atom is 0.343 e. The van der Waals surface area contributed by atoms with Crippen LogP contribution in [0.25, 0.3) is 10.8 Å². The lowest BCUT2D eigenvalue weighted by molar-refractivity contribution is -0.121. The predicted molar refractivity (Wildman–Crippen MR) is 148 cm³/mol. The molecule has 3 rings (SSSR count). The number of esters is 1. The highest BCUT2D eigenvalue weighted by Crippen LogP contribution is 2.27. The molecule has 0 atom stereocenters. The summed E-state index contributed by atoms with van der Waals surface area (Å²) < 4.78 is 5.74. The van der Waals surface area contributed by atoms with Crippen molar-refractivity contribution in [3.63, 3.8) is 0 Å². The molecule has 0 aliphatic heterocycles. The van der Waals surface area contributed by atoms with Crippen LogP contribution in [0.5, 0.6) is 5.75 Å². The van der Waals surface area contributed by atoms with Gasteiger partial charge in [0.15, 0.2) is 0 Å². The highest BCUT2D eigenvalue weighted by molar-refractivity contribution is 6.04. The van der Waals surface area contributed by atoms with Crippen LogP contribution in [0.2, 0.25) is 0 Å². The number of carbonyl (C=O) groups excluding carboxylic acids is 2. The summed E-state index contributed by atoms with van der Waals surface area (Å²) in [5, 5.41) is 6.08. The number of aryl methyl sites for hydroxylation is 1. The van der Waals surface area contributed by atoms with Gasteiger partial charge < -0.3 is 4.74 Å². The molecule has 0 aromatic heterocycles. The van der Waals surface area contributed by atoms with E-state index in [0.29, 0.717) is 23.3 Å². The van der Waals surface area contributed by atoms with Gasteiger partial charge >= 0.3 is 5.97 Å². The number of carbonyl (C=O) groups is 2. The second kappa shape index (κ2) is 14.8. The summed E-state index contributed by atoms with van der Waals surface area (Å²) in [5.74, 6) is -0.136. The van der Waals surface area contributed by atoms with Gasteiger partial charge in [0.2, 0.25) is 5.91 Å². The highest BCUT2D eigenvalue weighted by Gasteiger charge is 2.14. The third-order valence-corrected chi connectivity index (χ3v) is 6.28. The van der Waals surface area contributed by atoms with E-state index in [9.17, 15) is 9.59 Å². The van der Waals surface area contributed by atoms with Crippen molar-refractivity contribution in [2.75, 3.05) is 0 Å². The summed E-state index contributed by atoms with van der Waals surface area (Å²) in [5.41, 5.74) is 4.75. The zero-order valence-electron chi connectivity index (χ0n) is 21.6. The van der Waals surface area contributed by atoms with E-state index < -0.39 is 5.97 Å². The van der Waals surface area contributed by atoms with E-state index in [1.807, 2.05) is 49.4 Å². The lowest BCUT2D eigenvalue weighted by atomic mass is 10.0. The third-order valence-electron chi connectivity index (χ3n) is 6.28. The Morgan fingerprint density at radius 1 is 0.861 bits per heavy atom. The van der Waals surface area contributed by atoms with Gasteiger partial charge in [0.1, 0.15) is 5.75 Å². The molecule has 3 aromatic carbocycles. The minimum absolute atomic E-state index is 0.104.